The molecule has 108 valence electrons. The van der Waals surface area contributed by atoms with Gasteiger partial charge >= 0.3 is 5.97 Å². The quantitative estimate of drug-likeness (QED) is 0.799. The number of benzene rings is 2. The number of hydrogen-bond acceptors (Lipinski definition) is 3. The van der Waals surface area contributed by atoms with Crippen LogP contribution >= 0.6 is 27.7 Å². The Labute approximate surface area is 134 Å². The summed E-state index contributed by atoms with van der Waals surface area (Å²) in [5, 5.41) is 11.7. The van der Waals surface area contributed by atoms with Crippen LogP contribution in [0, 0.1) is 0 Å². The van der Waals surface area contributed by atoms with Crippen LogP contribution in [0.5, 0.6) is 0 Å². The van der Waals surface area contributed by atoms with E-state index in [2.05, 4.69) is 21.2 Å². The van der Waals surface area contributed by atoms with E-state index < -0.39 is 5.97 Å². The molecule has 21 heavy (non-hydrogen) atoms. The Bertz CT molecular complexity index is 686. The van der Waals surface area contributed by atoms with Gasteiger partial charge in [-0.25, -0.2) is 4.79 Å². The highest BCUT2D eigenvalue weighted by Crippen LogP contribution is 2.22. The molecule has 0 fully saturated rings. The summed E-state index contributed by atoms with van der Waals surface area (Å²) >= 11 is 4.76. The first-order valence-electron chi connectivity index (χ1n) is 5.99. The maximum Gasteiger partial charge on any atom is 0.336 e. The molecular weight excluding hydrogens is 354 g/mol. The number of thioether (sulfide) groups is 1. The second-order valence-electron chi connectivity index (χ2n) is 4.18. The summed E-state index contributed by atoms with van der Waals surface area (Å²) in [5.74, 6) is -1.33. The predicted molar refractivity (Wildman–Crippen MR) is 87.3 cm³/mol. The summed E-state index contributed by atoms with van der Waals surface area (Å²) in [6.07, 6.45) is 1.96. The topological polar surface area (TPSA) is 66.4 Å². The molecule has 0 aliphatic heterocycles. The molecule has 4 nitrogen and oxygen atoms in total. The van der Waals surface area contributed by atoms with Crippen LogP contribution in [0.1, 0.15) is 20.7 Å². The van der Waals surface area contributed by atoms with E-state index in [0.29, 0.717) is 15.7 Å². The molecule has 0 unspecified atom stereocenters. The van der Waals surface area contributed by atoms with E-state index in [-0.39, 0.29) is 11.5 Å². The van der Waals surface area contributed by atoms with Crippen LogP contribution in [0.25, 0.3) is 0 Å². The van der Waals surface area contributed by atoms with E-state index in [1.807, 2.05) is 18.4 Å². The van der Waals surface area contributed by atoms with Gasteiger partial charge in [0, 0.05) is 20.6 Å². The zero-order valence-electron chi connectivity index (χ0n) is 11.1. The van der Waals surface area contributed by atoms with Crippen molar-refractivity contribution >= 4 is 45.3 Å². The molecule has 0 heterocycles. The summed E-state index contributed by atoms with van der Waals surface area (Å²) in [7, 11) is 0. The number of amides is 1. The smallest absolute Gasteiger partial charge is 0.336 e. The predicted octanol–water partition coefficient (Wildman–Crippen LogP) is 4.12. The number of aromatic carboxylic acids is 1. The number of carboxylic acid groups (broad SMARTS) is 1. The Morgan fingerprint density at radius 1 is 1.14 bits per heavy atom. The lowest BCUT2D eigenvalue weighted by atomic mass is 10.1. The van der Waals surface area contributed by atoms with Crippen molar-refractivity contribution in [2.45, 2.75) is 4.90 Å². The third kappa shape index (κ3) is 3.86. The minimum absolute atomic E-state index is 0.102. The maximum atomic E-state index is 12.1. The molecule has 0 aliphatic rings. The number of halogens is 1. The second kappa shape index (κ2) is 6.78. The lowest BCUT2D eigenvalue weighted by molar-refractivity contribution is 0.0695. The first-order valence-corrected chi connectivity index (χ1v) is 8.01. The zero-order chi connectivity index (χ0) is 15.4. The first kappa shape index (κ1) is 15.6. The highest BCUT2D eigenvalue weighted by atomic mass is 79.9. The van der Waals surface area contributed by atoms with Crippen molar-refractivity contribution < 1.29 is 14.7 Å². The Morgan fingerprint density at radius 3 is 2.38 bits per heavy atom. The molecule has 2 rings (SSSR count). The Hall–Kier alpha value is -1.79. The van der Waals surface area contributed by atoms with Crippen LogP contribution in [0.15, 0.2) is 51.8 Å². The number of carboxylic acids is 1. The van der Waals surface area contributed by atoms with Crippen molar-refractivity contribution in [3.63, 3.8) is 0 Å². The molecule has 2 aromatic rings. The molecule has 0 atom stereocenters. The zero-order valence-corrected chi connectivity index (χ0v) is 13.5. The molecule has 0 saturated carbocycles. The molecule has 2 N–H and O–H groups in total. The fraction of sp³-hybridized carbons (Fsp3) is 0.0667. The van der Waals surface area contributed by atoms with Gasteiger partial charge < -0.3 is 10.4 Å². The van der Waals surface area contributed by atoms with Gasteiger partial charge in [0.1, 0.15) is 0 Å². The monoisotopic (exact) mass is 365 g/mol. The summed E-state index contributed by atoms with van der Waals surface area (Å²) < 4.78 is 0.470. The molecule has 2 aromatic carbocycles. The number of anilines is 1. The largest absolute Gasteiger partial charge is 0.478 e. The van der Waals surface area contributed by atoms with E-state index in [1.165, 1.54) is 6.07 Å². The lowest BCUT2D eigenvalue weighted by Crippen LogP contribution is -2.12. The van der Waals surface area contributed by atoms with Crippen molar-refractivity contribution in [1.29, 1.82) is 0 Å². The highest BCUT2D eigenvalue weighted by Gasteiger charge is 2.11. The number of rotatable bonds is 4. The van der Waals surface area contributed by atoms with Crippen LogP contribution in [0.4, 0.5) is 5.69 Å². The van der Waals surface area contributed by atoms with Gasteiger partial charge in [0.05, 0.1) is 5.56 Å². The molecule has 0 spiro atoms. The molecule has 0 radical (unpaired) electrons. The Balaban J connectivity index is 2.19. The molecule has 1 amide bonds. The lowest BCUT2D eigenvalue weighted by Gasteiger charge is -2.07. The minimum atomic E-state index is -1.05. The fourth-order valence-corrected chi connectivity index (χ4v) is 2.54. The van der Waals surface area contributed by atoms with Crippen LogP contribution in [0.2, 0.25) is 0 Å². The van der Waals surface area contributed by atoms with Gasteiger partial charge in [0.2, 0.25) is 0 Å². The van der Waals surface area contributed by atoms with Crippen LogP contribution in [-0.2, 0) is 0 Å². The Kier molecular flexibility index (Phi) is 5.03. The molecule has 0 bridgehead atoms. The van der Waals surface area contributed by atoms with Crippen molar-refractivity contribution in [1.82, 2.24) is 0 Å². The van der Waals surface area contributed by atoms with Gasteiger partial charge in [0.25, 0.3) is 5.91 Å². The summed E-state index contributed by atoms with van der Waals surface area (Å²) in [6.45, 7) is 0. The summed E-state index contributed by atoms with van der Waals surface area (Å²) in [6, 6.07) is 11.9. The first-order chi connectivity index (χ1) is 10.0. The second-order valence-corrected chi connectivity index (χ2v) is 5.92. The van der Waals surface area contributed by atoms with Gasteiger partial charge in [-0.2, -0.15) is 0 Å². The van der Waals surface area contributed by atoms with Crippen molar-refractivity contribution in [2.24, 2.45) is 0 Å². The average Bonchev–Trinajstić information content (AvgIpc) is 2.49. The molecule has 6 heteroatoms. The van der Waals surface area contributed by atoms with Crippen LogP contribution in [-0.4, -0.2) is 23.2 Å². The van der Waals surface area contributed by atoms with E-state index >= 15 is 0 Å². The van der Waals surface area contributed by atoms with Gasteiger partial charge in [0.15, 0.2) is 0 Å². The third-order valence-corrected chi connectivity index (χ3v) is 4.24. The number of carbonyl (C=O) groups excluding carboxylic acids is 1. The number of carbonyl (C=O) groups is 2. The minimum Gasteiger partial charge on any atom is -0.478 e. The summed E-state index contributed by atoms with van der Waals surface area (Å²) in [4.78, 5) is 24.2. The van der Waals surface area contributed by atoms with Crippen LogP contribution in [0.3, 0.4) is 0 Å². The fourth-order valence-electron chi connectivity index (χ4n) is 1.71. The normalized spacial score (nSPS) is 10.2. The van der Waals surface area contributed by atoms with Gasteiger partial charge in [-0.1, -0.05) is 0 Å². The number of nitrogens with one attached hydrogen (secondary N) is 1. The number of hydrogen-bond donors (Lipinski definition) is 2. The molecule has 0 aromatic heterocycles. The van der Waals surface area contributed by atoms with E-state index in [9.17, 15) is 9.59 Å². The van der Waals surface area contributed by atoms with E-state index in [0.717, 1.165) is 4.90 Å². The molecule has 0 aliphatic carbocycles. The summed E-state index contributed by atoms with van der Waals surface area (Å²) in [5.41, 5.74) is 1.06. The highest BCUT2D eigenvalue weighted by molar-refractivity contribution is 9.10. The molecular formula is C15H12BrNO3S. The van der Waals surface area contributed by atoms with E-state index in [1.54, 1.807) is 36.0 Å². The SMILES string of the molecule is CSc1ccc(C(=O)Nc2ccc(Br)c(C(=O)O)c2)cc1. The van der Waals surface area contributed by atoms with Crippen molar-refractivity contribution in [3.8, 4) is 0 Å². The van der Waals surface area contributed by atoms with Crippen LogP contribution < -0.4 is 5.32 Å². The van der Waals surface area contributed by atoms with Crippen molar-refractivity contribution in [3.05, 3.63) is 58.1 Å². The molecule has 0 saturated heterocycles. The Morgan fingerprint density at radius 2 is 1.81 bits per heavy atom. The van der Waals surface area contributed by atoms with E-state index in [4.69, 9.17) is 5.11 Å². The van der Waals surface area contributed by atoms with Gasteiger partial charge in [-0.05, 0) is 64.7 Å². The van der Waals surface area contributed by atoms with Gasteiger partial charge in [-0.15, -0.1) is 11.8 Å². The average molecular weight is 366 g/mol. The van der Waals surface area contributed by atoms with Crippen molar-refractivity contribution in [2.75, 3.05) is 11.6 Å². The standard InChI is InChI=1S/C15H12BrNO3S/c1-21-11-5-2-9(3-6-11)14(18)17-10-4-7-13(16)12(8-10)15(19)20/h2-8H,1H3,(H,17,18)(H,19,20). The maximum absolute atomic E-state index is 12.1. The van der Waals surface area contributed by atoms with Gasteiger partial charge in [-0.3, -0.25) is 4.79 Å². The third-order valence-electron chi connectivity index (χ3n) is 2.81.